The predicted octanol–water partition coefficient (Wildman–Crippen LogP) is 2.62. The zero-order chi connectivity index (χ0) is 20.1. The third-order valence-corrected chi connectivity index (χ3v) is 5.20. The number of nitrogens with one attached hydrogen (secondary N) is 2. The standard InChI is InChI=1S/C21H24N6O2/c28-19(9-5-10-24-21(29)17-14-22-11-12-23-17)27-13-4-3-8-18(27)20-25-15-6-1-2-7-16(15)26-20/h1-2,6-7,11-12,14,18H,3-5,8-10,13H2,(H,24,29)(H,25,26)/t18-/m0/s1. The number of hydrogen-bond acceptors (Lipinski definition) is 5. The molecule has 1 saturated heterocycles. The van der Waals surface area contributed by atoms with E-state index in [4.69, 9.17) is 4.98 Å². The Kier molecular flexibility index (Phi) is 5.79. The number of imidazole rings is 1. The summed E-state index contributed by atoms with van der Waals surface area (Å²) in [6, 6.07) is 7.90. The maximum atomic E-state index is 12.9. The first-order chi connectivity index (χ1) is 14.2. The molecule has 0 radical (unpaired) electrons. The van der Waals surface area contributed by atoms with E-state index in [2.05, 4.69) is 20.3 Å². The second kappa shape index (κ2) is 8.81. The monoisotopic (exact) mass is 392 g/mol. The molecule has 1 aliphatic heterocycles. The Balaban J connectivity index is 1.33. The predicted molar refractivity (Wildman–Crippen MR) is 108 cm³/mol. The molecule has 3 aromatic rings. The molecule has 2 N–H and O–H groups in total. The molecular weight excluding hydrogens is 368 g/mol. The van der Waals surface area contributed by atoms with Crippen molar-refractivity contribution in [3.8, 4) is 0 Å². The van der Waals surface area contributed by atoms with Gasteiger partial charge in [0.15, 0.2) is 0 Å². The van der Waals surface area contributed by atoms with Crippen molar-refractivity contribution in [1.29, 1.82) is 0 Å². The van der Waals surface area contributed by atoms with Crippen molar-refractivity contribution in [2.75, 3.05) is 13.1 Å². The molecule has 3 heterocycles. The smallest absolute Gasteiger partial charge is 0.271 e. The summed E-state index contributed by atoms with van der Waals surface area (Å²) in [4.78, 5) is 42.7. The van der Waals surface area contributed by atoms with Crippen molar-refractivity contribution in [3.05, 3.63) is 54.4 Å². The summed E-state index contributed by atoms with van der Waals surface area (Å²) in [5.74, 6) is 0.683. The Labute approximate surface area is 168 Å². The second-order valence-electron chi connectivity index (χ2n) is 7.19. The lowest BCUT2D eigenvalue weighted by molar-refractivity contribution is -0.135. The van der Waals surface area contributed by atoms with Crippen LogP contribution in [0.2, 0.25) is 0 Å². The molecule has 0 aliphatic carbocycles. The van der Waals surface area contributed by atoms with E-state index in [-0.39, 0.29) is 23.6 Å². The van der Waals surface area contributed by atoms with Crippen molar-refractivity contribution in [3.63, 3.8) is 0 Å². The highest BCUT2D eigenvalue weighted by molar-refractivity contribution is 5.91. The van der Waals surface area contributed by atoms with Gasteiger partial charge in [0.25, 0.3) is 5.91 Å². The fourth-order valence-corrected chi connectivity index (χ4v) is 3.74. The van der Waals surface area contributed by atoms with E-state index in [1.807, 2.05) is 29.2 Å². The van der Waals surface area contributed by atoms with Crippen LogP contribution in [-0.4, -0.2) is 49.7 Å². The van der Waals surface area contributed by atoms with Crippen LogP contribution in [0.25, 0.3) is 11.0 Å². The van der Waals surface area contributed by atoms with Crippen molar-refractivity contribution in [1.82, 2.24) is 30.2 Å². The van der Waals surface area contributed by atoms with Crippen LogP contribution < -0.4 is 5.32 Å². The van der Waals surface area contributed by atoms with Crippen LogP contribution in [-0.2, 0) is 4.79 Å². The Bertz CT molecular complexity index is 954. The number of benzene rings is 1. The van der Waals surface area contributed by atoms with Crippen LogP contribution in [0.3, 0.4) is 0 Å². The van der Waals surface area contributed by atoms with Gasteiger partial charge in [0.2, 0.25) is 5.91 Å². The molecule has 0 bridgehead atoms. The number of carbonyl (C=O) groups is 2. The minimum Gasteiger partial charge on any atom is -0.351 e. The number of likely N-dealkylation sites (tertiary alicyclic amines) is 1. The van der Waals surface area contributed by atoms with E-state index in [0.29, 0.717) is 19.4 Å². The van der Waals surface area contributed by atoms with Gasteiger partial charge >= 0.3 is 0 Å². The molecular formula is C21H24N6O2. The van der Waals surface area contributed by atoms with E-state index in [1.54, 1.807) is 0 Å². The number of aromatic nitrogens is 4. The fraction of sp³-hybridized carbons (Fsp3) is 0.381. The van der Waals surface area contributed by atoms with Gasteiger partial charge < -0.3 is 15.2 Å². The summed E-state index contributed by atoms with van der Waals surface area (Å²) in [6.45, 7) is 1.16. The number of aromatic amines is 1. The summed E-state index contributed by atoms with van der Waals surface area (Å²) in [7, 11) is 0. The number of hydrogen-bond donors (Lipinski definition) is 2. The Hall–Kier alpha value is -3.29. The van der Waals surface area contributed by atoms with Gasteiger partial charge in [-0.1, -0.05) is 12.1 Å². The zero-order valence-electron chi connectivity index (χ0n) is 16.2. The molecule has 4 rings (SSSR count). The topological polar surface area (TPSA) is 104 Å². The molecule has 1 fully saturated rings. The molecule has 8 heteroatoms. The molecule has 29 heavy (non-hydrogen) atoms. The Morgan fingerprint density at radius 2 is 2.10 bits per heavy atom. The summed E-state index contributed by atoms with van der Waals surface area (Å²) in [5.41, 5.74) is 2.19. The number of fused-ring (bicyclic) bond motifs is 1. The minimum atomic E-state index is -0.274. The molecule has 0 spiro atoms. The number of carbonyl (C=O) groups excluding carboxylic acids is 2. The third-order valence-electron chi connectivity index (χ3n) is 5.20. The lowest BCUT2D eigenvalue weighted by Crippen LogP contribution is -2.39. The molecule has 150 valence electrons. The lowest BCUT2D eigenvalue weighted by Gasteiger charge is -2.34. The largest absolute Gasteiger partial charge is 0.351 e. The van der Waals surface area contributed by atoms with Crippen LogP contribution in [0.5, 0.6) is 0 Å². The SMILES string of the molecule is O=C(NCCCC(=O)N1CCCC[C@H]1c1nc2ccccc2[nH]1)c1cnccn1. The van der Waals surface area contributed by atoms with Gasteiger partial charge in [-0.25, -0.2) is 9.97 Å². The number of amides is 2. The summed E-state index contributed by atoms with van der Waals surface area (Å²) >= 11 is 0. The number of piperidine rings is 1. The van der Waals surface area contributed by atoms with Crippen LogP contribution in [0.15, 0.2) is 42.9 Å². The van der Waals surface area contributed by atoms with Crippen LogP contribution in [0, 0.1) is 0 Å². The van der Waals surface area contributed by atoms with Crippen LogP contribution in [0.1, 0.15) is 54.5 Å². The molecule has 2 amide bonds. The maximum absolute atomic E-state index is 12.9. The van der Waals surface area contributed by atoms with Gasteiger partial charge in [-0.3, -0.25) is 14.6 Å². The minimum absolute atomic E-state index is 0.0159. The number of para-hydroxylation sites is 2. The fourth-order valence-electron chi connectivity index (χ4n) is 3.74. The normalized spacial score (nSPS) is 16.7. The molecule has 0 unspecified atom stereocenters. The van der Waals surface area contributed by atoms with E-state index in [9.17, 15) is 9.59 Å². The third kappa shape index (κ3) is 4.42. The summed E-state index contributed by atoms with van der Waals surface area (Å²) < 4.78 is 0. The molecule has 1 aliphatic rings. The van der Waals surface area contributed by atoms with Gasteiger partial charge in [-0.15, -0.1) is 0 Å². The first kappa shape index (κ1) is 19.0. The maximum Gasteiger partial charge on any atom is 0.271 e. The Morgan fingerprint density at radius 1 is 1.21 bits per heavy atom. The van der Waals surface area contributed by atoms with Crippen molar-refractivity contribution in [2.24, 2.45) is 0 Å². The van der Waals surface area contributed by atoms with Crippen LogP contribution in [0.4, 0.5) is 0 Å². The van der Waals surface area contributed by atoms with Gasteiger partial charge in [0, 0.05) is 31.9 Å². The van der Waals surface area contributed by atoms with E-state index >= 15 is 0 Å². The zero-order valence-corrected chi connectivity index (χ0v) is 16.2. The first-order valence-corrected chi connectivity index (χ1v) is 10.0. The van der Waals surface area contributed by atoms with Gasteiger partial charge in [0.05, 0.1) is 23.3 Å². The number of nitrogens with zero attached hydrogens (tertiary/aromatic N) is 4. The number of H-pyrrole nitrogens is 1. The molecule has 0 saturated carbocycles. The summed E-state index contributed by atoms with van der Waals surface area (Å²) in [5, 5.41) is 2.79. The van der Waals surface area contributed by atoms with Crippen molar-refractivity contribution in [2.45, 2.75) is 38.1 Å². The Morgan fingerprint density at radius 3 is 2.93 bits per heavy atom. The highest BCUT2D eigenvalue weighted by Gasteiger charge is 2.29. The van der Waals surface area contributed by atoms with E-state index in [0.717, 1.165) is 42.7 Å². The van der Waals surface area contributed by atoms with Crippen molar-refractivity contribution >= 4 is 22.8 Å². The van der Waals surface area contributed by atoms with Gasteiger partial charge in [0.1, 0.15) is 11.5 Å². The van der Waals surface area contributed by atoms with Crippen LogP contribution >= 0.6 is 0 Å². The van der Waals surface area contributed by atoms with E-state index in [1.165, 1.54) is 18.6 Å². The molecule has 2 aromatic heterocycles. The average molecular weight is 392 g/mol. The van der Waals surface area contributed by atoms with Crippen molar-refractivity contribution < 1.29 is 9.59 Å². The highest BCUT2D eigenvalue weighted by atomic mass is 16.2. The van der Waals surface area contributed by atoms with Gasteiger partial charge in [-0.2, -0.15) is 0 Å². The molecule has 8 nitrogen and oxygen atoms in total. The first-order valence-electron chi connectivity index (χ1n) is 10.0. The summed E-state index contributed by atoms with van der Waals surface area (Å²) in [6.07, 6.45) is 8.39. The quantitative estimate of drug-likeness (QED) is 0.628. The second-order valence-corrected chi connectivity index (χ2v) is 7.19. The number of rotatable bonds is 6. The molecule has 1 atom stereocenters. The highest BCUT2D eigenvalue weighted by Crippen LogP contribution is 2.31. The lowest BCUT2D eigenvalue weighted by atomic mass is 10.0. The van der Waals surface area contributed by atoms with Gasteiger partial charge in [-0.05, 0) is 37.8 Å². The average Bonchev–Trinajstić information content (AvgIpc) is 3.21. The molecule has 1 aromatic carbocycles. The van der Waals surface area contributed by atoms with E-state index < -0.39 is 0 Å².